The minimum Gasteiger partial charge on any atom is -0.268 e. The number of aryl methyl sites for hydroxylation is 1. The van der Waals surface area contributed by atoms with E-state index in [0.717, 1.165) is 23.4 Å². The molecule has 0 saturated heterocycles. The summed E-state index contributed by atoms with van der Waals surface area (Å²) in [6.45, 7) is -0.0278. The first-order chi connectivity index (χ1) is 13.1. The second kappa shape index (κ2) is 7.72. The Morgan fingerprint density at radius 1 is 1.11 bits per heavy atom. The number of hydrogen-bond donors (Lipinski definition) is 1. The summed E-state index contributed by atoms with van der Waals surface area (Å²) in [5, 5.41) is 4.08. The molecule has 28 heavy (non-hydrogen) atoms. The Labute approximate surface area is 160 Å². The highest BCUT2D eigenvalue weighted by molar-refractivity contribution is 7.88. The van der Waals surface area contributed by atoms with Gasteiger partial charge in [-0.25, -0.2) is 13.1 Å². The van der Waals surface area contributed by atoms with Gasteiger partial charge in [0.1, 0.15) is 0 Å². The minimum atomic E-state index is -4.52. The smallest absolute Gasteiger partial charge is 0.268 e. The number of hydrogen-bond acceptors (Lipinski definition) is 4. The van der Waals surface area contributed by atoms with E-state index in [-0.39, 0.29) is 12.1 Å². The van der Waals surface area contributed by atoms with Crippen molar-refractivity contribution in [2.24, 2.45) is 7.05 Å². The van der Waals surface area contributed by atoms with Crippen LogP contribution >= 0.6 is 0 Å². The lowest BCUT2D eigenvalue weighted by Gasteiger charge is -2.10. The summed E-state index contributed by atoms with van der Waals surface area (Å²) < 4.78 is 66.9. The molecule has 2 aromatic heterocycles. The molecule has 3 rings (SSSR count). The van der Waals surface area contributed by atoms with Crippen LogP contribution in [0.15, 0.2) is 55.0 Å². The molecule has 0 aliphatic heterocycles. The molecule has 0 saturated carbocycles. The van der Waals surface area contributed by atoms with E-state index in [1.54, 1.807) is 36.3 Å². The van der Waals surface area contributed by atoms with Gasteiger partial charge in [-0.15, -0.1) is 0 Å². The summed E-state index contributed by atoms with van der Waals surface area (Å²) in [6, 6.07) is 7.85. The fourth-order valence-electron chi connectivity index (χ4n) is 2.68. The summed E-state index contributed by atoms with van der Waals surface area (Å²) >= 11 is 0. The Hall–Kier alpha value is -2.72. The van der Waals surface area contributed by atoms with Crippen LogP contribution in [0.3, 0.4) is 0 Å². The largest absolute Gasteiger partial charge is 0.416 e. The molecule has 6 nitrogen and oxygen atoms in total. The van der Waals surface area contributed by atoms with Crippen molar-refractivity contribution in [3.05, 3.63) is 71.7 Å². The van der Waals surface area contributed by atoms with E-state index in [1.165, 1.54) is 18.3 Å². The van der Waals surface area contributed by atoms with Gasteiger partial charge in [0.25, 0.3) is 0 Å². The van der Waals surface area contributed by atoms with Crippen molar-refractivity contribution in [2.75, 3.05) is 0 Å². The molecule has 2 heterocycles. The lowest BCUT2D eigenvalue weighted by Crippen LogP contribution is -2.25. The van der Waals surface area contributed by atoms with Gasteiger partial charge < -0.3 is 0 Å². The molecule has 3 aromatic rings. The number of sulfonamides is 1. The predicted molar refractivity (Wildman–Crippen MR) is 97.3 cm³/mol. The van der Waals surface area contributed by atoms with Crippen LogP contribution in [0, 0.1) is 0 Å². The van der Waals surface area contributed by atoms with Gasteiger partial charge in [-0.2, -0.15) is 18.3 Å². The number of aromatic nitrogens is 3. The SMILES string of the molecule is Cn1nccc1-c1cncc(CNS(=O)(=O)Cc2cccc(C(F)(F)F)c2)c1. The van der Waals surface area contributed by atoms with Gasteiger partial charge in [0.2, 0.25) is 10.0 Å². The molecule has 0 aliphatic carbocycles. The number of halogens is 3. The van der Waals surface area contributed by atoms with Crippen LogP contribution < -0.4 is 4.72 Å². The molecular weight excluding hydrogens is 393 g/mol. The summed E-state index contributed by atoms with van der Waals surface area (Å²) in [5.74, 6) is -0.550. The Morgan fingerprint density at radius 3 is 2.57 bits per heavy atom. The minimum absolute atomic E-state index is 0.0278. The van der Waals surface area contributed by atoms with Crippen LogP contribution in [0.2, 0.25) is 0 Å². The standard InChI is InChI=1S/C18H17F3N4O2S/c1-25-17(5-6-23-25)15-7-14(9-22-11-15)10-24-28(26,27)12-13-3-2-4-16(8-13)18(19,20)21/h2-9,11,24H,10,12H2,1H3. The first-order valence-electron chi connectivity index (χ1n) is 8.20. The molecule has 0 unspecified atom stereocenters. The molecule has 0 atom stereocenters. The highest BCUT2D eigenvalue weighted by Crippen LogP contribution is 2.29. The molecule has 10 heteroatoms. The number of pyridine rings is 1. The highest BCUT2D eigenvalue weighted by atomic mass is 32.2. The molecule has 0 bridgehead atoms. The molecule has 148 valence electrons. The Bertz CT molecular complexity index is 1080. The molecule has 0 spiro atoms. The van der Waals surface area contributed by atoms with E-state index >= 15 is 0 Å². The zero-order valence-electron chi connectivity index (χ0n) is 14.8. The average molecular weight is 410 g/mol. The van der Waals surface area contributed by atoms with Gasteiger partial charge in [0, 0.05) is 37.7 Å². The number of nitrogens with zero attached hydrogens (tertiary/aromatic N) is 3. The second-order valence-electron chi connectivity index (χ2n) is 6.20. The van der Waals surface area contributed by atoms with Crippen LogP contribution in [-0.2, 0) is 35.5 Å². The van der Waals surface area contributed by atoms with Gasteiger partial charge in [-0.05, 0) is 29.3 Å². The molecule has 1 aromatic carbocycles. The molecule has 0 aliphatic rings. The molecule has 0 radical (unpaired) electrons. The van der Waals surface area contributed by atoms with Crippen LogP contribution in [-0.4, -0.2) is 23.2 Å². The zero-order chi connectivity index (χ0) is 20.4. The van der Waals surface area contributed by atoms with E-state index in [2.05, 4.69) is 14.8 Å². The monoisotopic (exact) mass is 410 g/mol. The van der Waals surface area contributed by atoms with Crippen molar-refractivity contribution in [1.82, 2.24) is 19.5 Å². The number of alkyl halides is 3. The van der Waals surface area contributed by atoms with Crippen molar-refractivity contribution >= 4 is 10.0 Å². The Morgan fingerprint density at radius 2 is 1.89 bits per heavy atom. The highest BCUT2D eigenvalue weighted by Gasteiger charge is 2.30. The molecule has 1 N–H and O–H groups in total. The normalized spacial score (nSPS) is 12.3. The van der Waals surface area contributed by atoms with Crippen LogP contribution in [0.1, 0.15) is 16.7 Å². The maximum atomic E-state index is 12.8. The van der Waals surface area contributed by atoms with Crippen LogP contribution in [0.25, 0.3) is 11.3 Å². The quantitative estimate of drug-likeness (QED) is 0.678. The maximum Gasteiger partial charge on any atom is 0.416 e. The van der Waals surface area contributed by atoms with Gasteiger partial charge in [0.05, 0.1) is 17.0 Å². The van der Waals surface area contributed by atoms with E-state index < -0.39 is 27.5 Å². The fourth-order valence-corrected chi connectivity index (χ4v) is 3.79. The number of benzene rings is 1. The average Bonchev–Trinajstić information content (AvgIpc) is 3.06. The van der Waals surface area contributed by atoms with Crippen molar-refractivity contribution in [2.45, 2.75) is 18.5 Å². The van der Waals surface area contributed by atoms with E-state index in [0.29, 0.717) is 5.56 Å². The molecule has 0 amide bonds. The molecular formula is C18H17F3N4O2S. The van der Waals surface area contributed by atoms with Gasteiger partial charge in [-0.1, -0.05) is 18.2 Å². The van der Waals surface area contributed by atoms with Crippen molar-refractivity contribution in [3.63, 3.8) is 0 Å². The van der Waals surface area contributed by atoms with Crippen LogP contribution in [0.4, 0.5) is 13.2 Å². The van der Waals surface area contributed by atoms with Gasteiger partial charge in [-0.3, -0.25) is 9.67 Å². The first-order valence-corrected chi connectivity index (χ1v) is 9.85. The van der Waals surface area contributed by atoms with Gasteiger partial charge in [0.15, 0.2) is 0 Å². The lowest BCUT2D eigenvalue weighted by molar-refractivity contribution is -0.137. The van der Waals surface area contributed by atoms with Crippen molar-refractivity contribution in [3.8, 4) is 11.3 Å². The first kappa shape index (κ1) is 20.0. The third kappa shape index (κ3) is 4.96. The summed E-state index contributed by atoms with van der Waals surface area (Å²) in [5.41, 5.74) is 1.39. The van der Waals surface area contributed by atoms with Crippen LogP contribution in [0.5, 0.6) is 0 Å². The third-order valence-electron chi connectivity index (χ3n) is 4.02. The fraction of sp³-hybridized carbons (Fsp3) is 0.222. The maximum absolute atomic E-state index is 12.8. The summed E-state index contributed by atoms with van der Waals surface area (Å²) in [4.78, 5) is 4.10. The van der Waals surface area contributed by atoms with E-state index in [4.69, 9.17) is 0 Å². The lowest BCUT2D eigenvalue weighted by atomic mass is 10.1. The van der Waals surface area contributed by atoms with E-state index in [9.17, 15) is 21.6 Å². The third-order valence-corrected chi connectivity index (χ3v) is 5.32. The predicted octanol–water partition coefficient (Wildman–Crippen LogP) is 3.12. The number of nitrogens with one attached hydrogen (secondary N) is 1. The van der Waals surface area contributed by atoms with Gasteiger partial charge >= 0.3 is 6.18 Å². The summed E-state index contributed by atoms with van der Waals surface area (Å²) in [6.07, 6.45) is 0.273. The zero-order valence-corrected chi connectivity index (χ0v) is 15.6. The summed E-state index contributed by atoms with van der Waals surface area (Å²) in [7, 11) is -2.06. The Balaban J connectivity index is 1.70. The van der Waals surface area contributed by atoms with E-state index in [1.807, 2.05) is 0 Å². The topological polar surface area (TPSA) is 76.9 Å². The number of rotatable bonds is 6. The van der Waals surface area contributed by atoms with Crippen molar-refractivity contribution in [1.29, 1.82) is 0 Å². The Kier molecular flexibility index (Phi) is 5.52. The van der Waals surface area contributed by atoms with Crippen molar-refractivity contribution < 1.29 is 21.6 Å². The second-order valence-corrected chi connectivity index (χ2v) is 8.01. The molecule has 0 fully saturated rings.